The highest BCUT2D eigenvalue weighted by molar-refractivity contribution is 7.99. The fraction of sp³-hybridized carbons (Fsp3) is 0.636. The van der Waals surface area contributed by atoms with E-state index in [-0.39, 0.29) is 0 Å². The third-order valence-corrected chi connectivity index (χ3v) is 4.73. The molecule has 17 heavy (non-hydrogen) atoms. The first-order valence-electron chi connectivity index (χ1n) is 5.85. The lowest BCUT2D eigenvalue weighted by atomic mass is 10.4. The molecule has 94 valence electrons. The Kier molecular flexibility index (Phi) is 4.67. The van der Waals surface area contributed by atoms with Crippen molar-refractivity contribution >= 4 is 29.1 Å². The Labute approximate surface area is 110 Å². The number of nitrogens with zero attached hydrogens (tertiary/aromatic N) is 3. The van der Waals surface area contributed by atoms with Gasteiger partial charge in [-0.2, -0.15) is 11.8 Å². The lowest BCUT2D eigenvalue weighted by Crippen LogP contribution is -2.42. The van der Waals surface area contributed by atoms with E-state index in [1.54, 1.807) is 11.3 Å². The van der Waals surface area contributed by atoms with Gasteiger partial charge in [-0.05, 0) is 6.42 Å². The molecule has 0 aromatic carbocycles. The smallest absolute Gasteiger partial charge is 0.191 e. The number of aromatic nitrogens is 1. The molecule has 2 heterocycles. The molecule has 0 bridgehead atoms. The maximum Gasteiger partial charge on any atom is 0.191 e. The maximum atomic E-state index is 5.98. The van der Waals surface area contributed by atoms with Gasteiger partial charge in [0, 0.05) is 35.7 Å². The van der Waals surface area contributed by atoms with E-state index in [0.29, 0.717) is 12.5 Å². The van der Waals surface area contributed by atoms with Crippen molar-refractivity contribution in [3.63, 3.8) is 0 Å². The molecular formula is C11H18N4S2. The van der Waals surface area contributed by atoms with E-state index in [2.05, 4.69) is 21.8 Å². The van der Waals surface area contributed by atoms with Crippen LogP contribution in [-0.4, -0.2) is 40.4 Å². The van der Waals surface area contributed by atoms with Crippen LogP contribution in [0, 0.1) is 0 Å². The Morgan fingerprint density at radius 3 is 2.94 bits per heavy atom. The predicted molar refractivity (Wildman–Crippen MR) is 75.7 cm³/mol. The fourth-order valence-corrected chi connectivity index (χ4v) is 3.32. The van der Waals surface area contributed by atoms with Gasteiger partial charge in [0.25, 0.3) is 0 Å². The molecule has 1 aliphatic heterocycles. The van der Waals surface area contributed by atoms with Crippen LogP contribution in [0.5, 0.6) is 0 Å². The van der Waals surface area contributed by atoms with Crippen LogP contribution in [0.15, 0.2) is 11.2 Å². The molecule has 1 saturated heterocycles. The van der Waals surface area contributed by atoms with Crippen LogP contribution in [0.25, 0.3) is 0 Å². The van der Waals surface area contributed by atoms with Gasteiger partial charge >= 0.3 is 0 Å². The Morgan fingerprint density at radius 2 is 2.29 bits per heavy atom. The minimum atomic E-state index is 0.611. The van der Waals surface area contributed by atoms with Gasteiger partial charge in [-0.1, -0.05) is 6.92 Å². The highest BCUT2D eigenvalue weighted by Gasteiger charge is 2.12. The Hall–Kier alpha value is -0.750. The standard InChI is InChI=1S/C11H18N4S2/c1-2-9-7-13-10(17-9)8-14-11(12)15-3-5-16-6-4-15/h7H,2-6,8H2,1H3,(H2,12,14). The quantitative estimate of drug-likeness (QED) is 0.669. The Balaban J connectivity index is 1.90. The van der Waals surface area contributed by atoms with Crippen LogP contribution in [0.2, 0.25) is 0 Å². The minimum Gasteiger partial charge on any atom is -0.370 e. The lowest BCUT2D eigenvalue weighted by Gasteiger charge is -2.27. The summed E-state index contributed by atoms with van der Waals surface area (Å²) in [6, 6.07) is 0. The molecule has 0 aliphatic carbocycles. The summed E-state index contributed by atoms with van der Waals surface area (Å²) >= 11 is 3.70. The largest absolute Gasteiger partial charge is 0.370 e. The third kappa shape index (κ3) is 3.61. The zero-order valence-electron chi connectivity index (χ0n) is 10.1. The number of hydrogen-bond donors (Lipinski definition) is 1. The number of thiazole rings is 1. The van der Waals surface area contributed by atoms with Gasteiger partial charge in [0.15, 0.2) is 5.96 Å². The molecule has 0 unspecified atom stereocenters. The maximum absolute atomic E-state index is 5.98. The second kappa shape index (κ2) is 6.26. The summed E-state index contributed by atoms with van der Waals surface area (Å²) in [6.45, 7) is 4.77. The molecule has 4 nitrogen and oxygen atoms in total. The molecule has 0 spiro atoms. The van der Waals surface area contributed by atoms with Gasteiger partial charge in [0.2, 0.25) is 0 Å². The van der Waals surface area contributed by atoms with Crippen LogP contribution in [0.4, 0.5) is 0 Å². The SMILES string of the molecule is CCc1cnc(CN=C(N)N2CCSCC2)s1. The van der Waals surface area contributed by atoms with E-state index >= 15 is 0 Å². The van der Waals surface area contributed by atoms with Crippen LogP contribution >= 0.6 is 23.1 Å². The molecule has 0 amide bonds. The number of aryl methyl sites for hydroxylation is 1. The number of rotatable bonds is 3. The molecule has 1 aliphatic rings. The summed E-state index contributed by atoms with van der Waals surface area (Å²) in [7, 11) is 0. The molecule has 6 heteroatoms. The van der Waals surface area contributed by atoms with E-state index in [1.165, 1.54) is 4.88 Å². The summed E-state index contributed by atoms with van der Waals surface area (Å²) < 4.78 is 0. The minimum absolute atomic E-state index is 0.611. The van der Waals surface area contributed by atoms with Gasteiger partial charge in [0.1, 0.15) is 5.01 Å². The van der Waals surface area contributed by atoms with Crippen molar-refractivity contribution in [1.29, 1.82) is 0 Å². The van der Waals surface area contributed by atoms with Crippen molar-refractivity contribution in [2.24, 2.45) is 10.7 Å². The lowest BCUT2D eigenvalue weighted by molar-refractivity contribution is 0.455. The van der Waals surface area contributed by atoms with Crippen molar-refractivity contribution in [1.82, 2.24) is 9.88 Å². The highest BCUT2D eigenvalue weighted by Crippen LogP contribution is 2.14. The Morgan fingerprint density at radius 1 is 1.53 bits per heavy atom. The topological polar surface area (TPSA) is 54.5 Å². The van der Waals surface area contributed by atoms with Gasteiger partial charge in [0.05, 0.1) is 6.54 Å². The summed E-state index contributed by atoms with van der Waals surface area (Å²) in [4.78, 5) is 12.2. The molecule has 1 aromatic heterocycles. The summed E-state index contributed by atoms with van der Waals surface area (Å²) in [5, 5.41) is 1.05. The van der Waals surface area contributed by atoms with Crippen LogP contribution in [-0.2, 0) is 13.0 Å². The summed E-state index contributed by atoms with van der Waals surface area (Å²) in [5.74, 6) is 2.96. The average Bonchev–Trinajstić information content (AvgIpc) is 2.85. The fourth-order valence-electron chi connectivity index (χ4n) is 1.63. The number of aliphatic imine (C=N–C) groups is 1. The van der Waals surface area contributed by atoms with Gasteiger partial charge in [-0.25, -0.2) is 9.98 Å². The number of hydrogen-bond acceptors (Lipinski definition) is 4. The van der Waals surface area contributed by atoms with E-state index in [4.69, 9.17) is 5.73 Å². The monoisotopic (exact) mass is 270 g/mol. The second-order valence-electron chi connectivity index (χ2n) is 3.85. The summed E-state index contributed by atoms with van der Waals surface area (Å²) in [5.41, 5.74) is 5.98. The van der Waals surface area contributed by atoms with Gasteiger partial charge in [-0.15, -0.1) is 11.3 Å². The zero-order valence-corrected chi connectivity index (χ0v) is 11.7. The summed E-state index contributed by atoms with van der Waals surface area (Å²) in [6.07, 6.45) is 2.98. The highest BCUT2D eigenvalue weighted by atomic mass is 32.2. The molecule has 2 N–H and O–H groups in total. The molecule has 2 rings (SSSR count). The van der Waals surface area contributed by atoms with E-state index in [1.807, 2.05) is 18.0 Å². The average molecular weight is 270 g/mol. The number of nitrogens with two attached hydrogens (primary N) is 1. The van der Waals surface area contributed by atoms with E-state index in [0.717, 1.165) is 36.0 Å². The van der Waals surface area contributed by atoms with Crippen molar-refractivity contribution < 1.29 is 0 Å². The third-order valence-electron chi connectivity index (χ3n) is 2.66. The first kappa shape index (κ1) is 12.7. The van der Waals surface area contributed by atoms with E-state index < -0.39 is 0 Å². The van der Waals surface area contributed by atoms with Gasteiger partial charge in [-0.3, -0.25) is 0 Å². The van der Waals surface area contributed by atoms with Crippen LogP contribution in [0.3, 0.4) is 0 Å². The predicted octanol–water partition coefficient (Wildman–Crippen LogP) is 1.57. The van der Waals surface area contributed by atoms with Crippen LogP contribution in [0.1, 0.15) is 16.8 Å². The first-order chi connectivity index (χ1) is 8.29. The molecule has 0 atom stereocenters. The van der Waals surface area contributed by atoms with Crippen molar-refractivity contribution in [2.75, 3.05) is 24.6 Å². The second-order valence-corrected chi connectivity index (χ2v) is 6.27. The molecule has 0 radical (unpaired) electrons. The van der Waals surface area contributed by atoms with Crippen molar-refractivity contribution in [3.8, 4) is 0 Å². The zero-order chi connectivity index (χ0) is 12.1. The number of thioether (sulfide) groups is 1. The first-order valence-corrected chi connectivity index (χ1v) is 7.83. The van der Waals surface area contributed by atoms with Crippen molar-refractivity contribution in [3.05, 3.63) is 16.1 Å². The molecule has 0 saturated carbocycles. The molecule has 1 aromatic rings. The van der Waals surface area contributed by atoms with Crippen molar-refractivity contribution in [2.45, 2.75) is 19.9 Å². The van der Waals surface area contributed by atoms with Crippen LogP contribution < -0.4 is 5.73 Å². The normalized spacial score (nSPS) is 17.5. The molecular weight excluding hydrogens is 252 g/mol. The van der Waals surface area contributed by atoms with E-state index in [9.17, 15) is 0 Å². The molecule has 1 fully saturated rings. The van der Waals surface area contributed by atoms with Gasteiger partial charge < -0.3 is 10.6 Å². The number of guanidine groups is 1. The Bertz CT molecular complexity index is 383.